The zero-order chi connectivity index (χ0) is 18.1. The molecular formula is C17H22FN5O2. The predicted molar refractivity (Wildman–Crippen MR) is 96.1 cm³/mol. The molecule has 0 spiro atoms. The lowest BCUT2D eigenvalue weighted by molar-refractivity contribution is 0.312. The van der Waals surface area contributed by atoms with Crippen molar-refractivity contribution in [2.45, 2.75) is 13.5 Å². The van der Waals surface area contributed by atoms with E-state index in [2.05, 4.69) is 10.1 Å². The van der Waals surface area contributed by atoms with Crippen LogP contribution < -0.4 is 16.1 Å². The van der Waals surface area contributed by atoms with Crippen molar-refractivity contribution in [2.24, 2.45) is 10.9 Å². The number of nitrogens with two attached hydrogens (primary N) is 1. The SMILES string of the molecule is CCn1cc(/C(N)=N/O)c(=O)c2cc(F)c(N3CCN(C)CC3)cc21. The van der Waals surface area contributed by atoms with E-state index in [9.17, 15) is 9.18 Å². The second-order valence-corrected chi connectivity index (χ2v) is 6.25. The van der Waals surface area contributed by atoms with Gasteiger partial charge < -0.3 is 25.3 Å². The average Bonchev–Trinajstić information content (AvgIpc) is 2.62. The predicted octanol–water partition coefficient (Wildman–Crippen LogP) is 1.01. The van der Waals surface area contributed by atoms with Crippen LogP contribution in [0.4, 0.5) is 10.1 Å². The number of hydrogen-bond donors (Lipinski definition) is 2. The average molecular weight is 347 g/mol. The number of pyridine rings is 1. The van der Waals surface area contributed by atoms with Gasteiger partial charge in [0.2, 0.25) is 5.43 Å². The first-order chi connectivity index (χ1) is 12.0. The van der Waals surface area contributed by atoms with E-state index in [0.717, 1.165) is 26.2 Å². The van der Waals surface area contributed by atoms with E-state index in [4.69, 9.17) is 10.9 Å². The number of likely N-dealkylation sites (N-methyl/N-ethyl adjacent to an activating group) is 1. The number of halogens is 1. The number of oxime groups is 1. The largest absolute Gasteiger partial charge is 0.409 e. The Labute approximate surface area is 144 Å². The van der Waals surface area contributed by atoms with E-state index in [1.165, 1.54) is 6.07 Å². The van der Waals surface area contributed by atoms with E-state index in [1.54, 1.807) is 12.3 Å². The standard InChI is InChI=1S/C17H22FN5O2/c1-3-22-10-12(17(19)20-25)16(24)11-8-13(18)15(9-14(11)22)23-6-4-21(2)5-7-23/h8-10,25H,3-7H2,1-2H3,(H2,19,20). The van der Waals surface area contributed by atoms with Gasteiger partial charge in [-0.3, -0.25) is 4.79 Å². The van der Waals surface area contributed by atoms with Crippen molar-refractivity contribution in [1.29, 1.82) is 0 Å². The number of anilines is 1. The van der Waals surface area contributed by atoms with Gasteiger partial charge in [0, 0.05) is 44.3 Å². The Hall–Kier alpha value is -2.61. The fraction of sp³-hybridized carbons (Fsp3) is 0.412. The van der Waals surface area contributed by atoms with Crippen molar-refractivity contribution in [3.63, 3.8) is 0 Å². The lowest BCUT2D eigenvalue weighted by Gasteiger charge is -2.34. The van der Waals surface area contributed by atoms with Gasteiger partial charge in [-0.05, 0) is 26.1 Å². The zero-order valence-electron chi connectivity index (χ0n) is 14.4. The minimum Gasteiger partial charge on any atom is -0.409 e. The molecule has 0 unspecified atom stereocenters. The van der Waals surface area contributed by atoms with Crippen LogP contribution >= 0.6 is 0 Å². The fourth-order valence-corrected chi connectivity index (χ4v) is 3.19. The Morgan fingerprint density at radius 1 is 1.32 bits per heavy atom. The van der Waals surface area contributed by atoms with Crippen molar-refractivity contribution >= 4 is 22.4 Å². The van der Waals surface area contributed by atoms with Gasteiger partial charge in [-0.1, -0.05) is 5.16 Å². The zero-order valence-corrected chi connectivity index (χ0v) is 14.4. The first kappa shape index (κ1) is 17.2. The molecule has 25 heavy (non-hydrogen) atoms. The molecule has 0 radical (unpaired) electrons. The first-order valence-corrected chi connectivity index (χ1v) is 8.24. The van der Waals surface area contributed by atoms with Gasteiger partial charge in [-0.15, -0.1) is 0 Å². The lowest BCUT2D eigenvalue weighted by Crippen LogP contribution is -2.44. The molecule has 1 saturated heterocycles. The van der Waals surface area contributed by atoms with Crippen LogP contribution in [0.15, 0.2) is 28.3 Å². The third kappa shape index (κ3) is 3.05. The molecule has 3 N–H and O–H groups in total. The molecule has 0 amide bonds. The van der Waals surface area contributed by atoms with Crippen LogP contribution in [0.25, 0.3) is 10.9 Å². The first-order valence-electron chi connectivity index (χ1n) is 8.24. The maximum atomic E-state index is 14.7. The molecule has 1 fully saturated rings. The second kappa shape index (κ2) is 6.72. The highest BCUT2D eigenvalue weighted by Gasteiger charge is 2.20. The topological polar surface area (TPSA) is 87.1 Å². The minimum absolute atomic E-state index is 0.0589. The number of benzene rings is 1. The van der Waals surface area contributed by atoms with Crippen LogP contribution in [0.2, 0.25) is 0 Å². The molecule has 8 heteroatoms. The number of piperazine rings is 1. The Bertz CT molecular complexity index is 885. The number of fused-ring (bicyclic) bond motifs is 1. The molecule has 2 aromatic rings. The molecule has 1 aliphatic rings. The summed E-state index contributed by atoms with van der Waals surface area (Å²) in [4.78, 5) is 16.8. The monoisotopic (exact) mass is 347 g/mol. The fourth-order valence-electron chi connectivity index (χ4n) is 3.19. The van der Waals surface area contributed by atoms with Crippen LogP contribution in [0, 0.1) is 5.82 Å². The molecule has 0 bridgehead atoms. The maximum Gasteiger partial charge on any atom is 0.200 e. The van der Waals surface area contributed by atoms with Crippen molar-refractivity contribution in [2.75, 3.05) is 38.1 Å². The highest BCUT2D eigenvalue weighted by molar-refractivity contribution is 6.00. The van der Waals surface area contributed by atoms with Gasteiger partial charge in [-0.25, -0.2) is 4.39 Å². The summed E-state index contributed by atoms with van der Waals surface area (Å²) in [6, 6.07) is 2.97. The molecule has 134 valence electrons. The van der Waals surface area contributed by atoms with Crippen molar-refractivity contribution in [1.82, 2.24) is 9.47 Å². The van der Waals surface area contributed by atoms with Crippen LogP contribution in [-0.4, -0.2) is 53.7 Å². The number of amidine groups is 1. The van der Waals surface area contributed by atoms with Gasteiger partial charge >= 0.3 is 0 Å². The third-order valence-electron chi connectivity index (χ3n) is 4.72. The second-order valence-electron chi connectivity index (χ2n) is 6.25. The van der Waals surface area contributed by atoms with Gasteiger partial charge in [0.1, 0.15) is 5.82 Å². The van der Waals surface area contributed by atoms with Gasteiger partial charge in [0.15, 0.2) is 5.84 Å². The normalized spacial score (nSPS) is 16.6. The van der Waals surface area contributed by atoms with Crippen molar-refractivity contribution in [3.8, 4) is 0 Å². The van der Waals surface area contributed by atoms with E-state index < -0.39 is 11.2 Å². The van der Waals surface area contributed by atoms with Gasteiger partial charge in [0.25, 0.3) is 0 Å². The summed E-state index contributed by atoms with van der Waals surface area (Å²) in [7, 11) is 2.04. The number of aryl methyl sites for hydroxylation is 1. The van der Waals surface area contributed by atoms with Crippen LogP contribution in [-0.2, 0) is 6.54 Å². The van der Waals surface area contributed by atoms with Crippen molar-refractivity contribution < 1.29 is 9.60 Å². The van der Waals surface area contributed by atoms with E-state index in [-0.39, 0.29) is 16.8 Å². The number of nitrogens with zero attached hydrogens (tertiary/aromatic N) is 4. The summed E-state index contributed by atoms with van der Waals surface area (Å²) in [5.41, 5.74) is 6.34. The molecule has 2 heterocycles. The number of aromatic nitrogens is 1. The maximum absolute atomic E-state index is 14.7. The number of rotatable bonds is 3. The van der Waals surface area contributed by atoms with E-state index >= 15 is 0 Å². The molecule has 7 nitrogen and oxygen atoms in total. The molecule has 1 aliphatic heterocycles. The summed E-state index contributed by atoms with van der Waals surface area (Å²) in [6.07, 6.45) is 1.55. The molecule has 3 rings (SSSR count). The Kier molecular flexibility index (Phi) is 4.63. The van der Waals surface area contributed by atoms with Gasteiger partial charge in [-0.2, -0.15) is 0 Å². The Morgan fingerprint density at radius 3 is 2.60 bits per heavy atom. The Morgan fingerprint density at radius 2 is 2.00 bits per heavy atom. The van der Waals surface area contributed by atoms with Crippen molar-refractivity contribution in [3.05, 3.63) is 39.9 Å². The third-order valence-corrected chi connectivity index (χ3v) is 4.72. The summed E-state index contributed by atoms with van der Waals surface area (Å²) in [5, 5.41) is 12.0. The molecular weight excluding hydrogens is 325 g/mol. The summed E-state index contributed by atoms with van der Waals surface area (Å²) in [5.74, 6) is -0.717. The number of hydrogen-bond acceptors (Lipinski definition) is 5. The molecule has 0 atom stereocenters. The molecule has 0 aliphatic carbocycles. The smallest absolute Gasteiger partial charge is 0.200 e. The molecule has 1 aromatic carbocycles. The Balaban J connectivity index is 2.19. The van der Waals surface area contributed by atoms with E-state index in [1.807, 2.05) is 23.4 Å². The minimum atomic E-state index is -0.446. The van der Waals surface area contributed by atoms with Gasteiger partial charge in [0.05, 0.1) is 16.8 Å². The molecule has 1 aromatic heterocycles. The van der Waals surface area contributed by atoms with Crippen LogP contribution in [0.1, 0.15) is 12.5 Å². The highest BCUT2D eigenvalue weighted by Crippen LogP contribution is 2.26. The summed E-state index contributed by atoms with van der Waals surface area (Å²) < 4.78 is 16.5. The summed E-state index contributed by atoms with van der Waals surface area (Å²) in [6.45, 7) is 5.67. The summed E-state index contributed by atoms with van der Waals surface area (Å²) >= 11 is 0. The van der Waals surface area contributed by atoms with Crippen LogP contribution in [0.3, 0.4) is 0 Å². The van der Waals surface area contributed by atoms with Crippen LogP contribution in [0.5, 0.6) is 0 Å². The quantitative estimate of drug-likeness (QED) is 0.374. The molecule has 0 saturated carbocycles. The van der Waals surface area contributed by atoms with E-state index in [0.29, 0.717) is 17.7 Å². The highest BCUT2D eigenvalue weighted by atomic mass is 19.1. The lowest BCUT2D eigenvalue weighted by atomic mass is 10.1.